The van der Waals surface area contributed by atoms with E-state index in [1.807, 2.05) is 38.4 Å². The standard InChI is InChI=1S/C40H45FN8O3/c1-24(37(51)52-6)18-25-10-9-11-27(19-25)40(4)15-8-7-14-39(2,3)33-23-49(47-45-33)22-29-28-13-17-42-31(28)21-30(41)34(29)35(50)26-12-16-43-32(20-26)36-44-38(40)46-48(36)5/h9-13,16-17,19-21,23-24,35,42,50H,7-8,14-15,18,22H2,1-6H3/t24-,35?,40-/m1/s1. The molecular formula is C40H45FN8O3. The van der Waals surface area contributed by atoms with Gasteiger partial charge in [-0.2, -0.15) is 5.10 Å². The highest BCUT2D eigenvalue weighted by molar-refractivity contribution is 5.84. The summed E-state index contributed by atoms with van der Waals surface area (Å²) in [6.07, 6.45) is 7.99. The van der Waals surface area contributed by atoms with Gasteiger partial charge < -0.3 is 14.8 Å². The zero-order valence-electron chi connectivity index (χ0n) is 30.5. The molecule has 1 unspecified atom stereocenters. The van der Waals surface area contributed by atoms with E-state index in [-0.39, 0.29) is 29.4 Å². The molecule has 0 radical (unpaired) electrons. The number of carbonyl (C=O) groups is 1. The summed E-state index contributed by atoms with van der Waals surface area (Å²) >= 11 is 0. The number of rotatable bonds is 4. The van der Waals surface area contributed by atoms with E-state index >= 15 is 4.39 Å². The van der Waals surface area contributed by atoms with Gasteiger partial charge in [-0.25, -0.2) is 18.7 Å². The van der Waals surface area contributed by atoms with E-state index in [1.165, 1.54) is 13.2 Å². The molecule has 5 heterocycles. The molecule has 0 fully saturated rings. The molecular weight excluding hydrogens is 659 g/mol. The number of hydrogen-bond donors (Lipinski definition) is 2. The van der Waals surface area contributed by atoms with Crippen molar-refractivity contribution in [3.8, 4) is 11.5 Å². The lowest BCUT2D eigenvalue weighted by Gasteiger charge is -2.29. The minimum atomic E-state index is -1.30. The van der Waals surface area contributed by atoms with Crippen LogP contribution < -0.4 is 0 Å². The second-order valence-corrected chi connectivity index (χ2v) is 15.0. The molecule has 6 aromatic rings. The number of pyridine rings is 1. The van der Waals surface area contributed by atoms with Gasteiger partial charge in [-0.3, -0.25) is 9.78 Å². The summed E-state index contributed by atoms with van der Waals surface area (Å²) in [4.78, 5) is 25.1. The molecule has 52 heavy (non-hydrogen) atoms. The third kappa shape index (κ3) is 6.51. The van der Waals surface area contributed by atoms with Gasteiger partial charge >= 0.3 is 5.97 Å². The Labute approximate surface area is 302 Å². The van der Waals surface area contributed by atoms with Crippen molar-refractivity contribution in [1.82, 2.24) is 39.7 Å². The van der Waals surface area contributed by atoms with Gasteiger partial charge in [0, 0.05) is 47.5 Å². The normalized spacial score (nSPS) is 19.7. The fourth-order valence-corrected chi connectivity index (χ4v) is 7.56. The summed E-state index contributed by atoms with van der Waals surface area (Å²) in [7, 11) is 3.25. The van der Waals surface area contributed by atoms with E-state index in [0.29, 0.717) is 40.4 Å². The first kappa shape index (κ1) is 35.2. The zero-order valence-corrected chi connectivity index (χ0v) is 30.5. The molecule has 0 amide bonds. The number of halogens is 1. The number of esters is 1. The summed E-state index contributed by atoms with van der Waals surface area (Å²) in [5.74, 6) is 0.113. The largest absolute Gasteiger partial charge is 0.469 e. The number of nitrogens with zero attached hydrogens (tertiary/aromatic N) is 7. The lowest BCUT2D eigenvalue weighted by molar-refractivity contribution is -0.144. The van der Waals surface area contributed by atoms with Gasteiger partial charge in [-0.05, 0) is 72.7 Å². The van der Waals surface area contributed by atoms with Crippen molar-refractivity contribution in [2.45, 2.75) is 83.3 Å². The summed E-state index contributed by atoms with van der Waals surface area (Å²) < 4.78 is 24.5. The third-order valence-corrected chi connectivity index (χ3v) is 10.8. The SMILES string of the molecule is COC(=O)[C@H](C)Cc1cccc([C@@]2(C)CCCCC(C)(C)c3cn(nn3)Cc3c(c(F)cc4[nH]ccc34)C(O)c3ccnc(c3)-c3nc2nn3C)c1. The van der Waals surface area contributed by atoms with Crippen LogP contribution in [-0.4, -0.2) is 57.9 Å². The van der Waals surface area contributed by atoms with Crippen LogP contribution in [0.15, 0.2) is 67.1 Å². The van der Waals surface area contributed by atoms with Gasteiger partial charge in [0.25, 0.3) is 0 Å². The number of fused-ring (bicyclic) bond motifs is 10. The van der Waals surface area contributed by atoms with Gasteiger partial charge in [-0.1, -0.05) is 63.1 Å². The van der Waals surface area contributed by atoms with Gasteiger partial charge in [0.2, 0.25) is 0 Å². The van der Waals surface area contributed by atoms with Crippen molar-refractivity contribution in [3.05, 3.63) is 112 Å². The van der Waals surface area contributed by atoms with Crippen molar-refractivity contribution < 1.29 is 19.0 Å². The highest BCUT2D eigenvalue weighted by Crippen LogP contribution is 2.39. The lowest BCUT2D eigenvalue weighted by Crippen LogP contribution is -2.26. The average molecular weight is 705 g/mol. The Bertz CT molecular complexity index is 2250. The average Bonchev–Trinajstić information content (AvgIpc) is 3.90. The molecule has 0 saturated carbocycles. The van der Waals surface area contributed by atoms with E-state index in [1.54, 1.807) is 33.9 Å². The molecule has 2 N–H and O–H groups in total. The summed E-state index contributed by atoms with van der Waals surface area (Å²) in [5.41, 5.74) is 4.46. The van der Waals surface area contributed by atoms with Gasteiger partial charge in [0.15, 0.2) is 11.6 Å². The molecule has 6 bridgehead atoms. The zero-order chi connectivity index (χ0) is 36.8. The van der Waals surface area contributed by atoms with Gasteiger partial charge in [0.1, 0.15) is 17.6 Å². The molecule has 3 atom stereocenters. The number of benzene rings is 2. The van der Waals surface area contributed by atoms with Crippen molar-refractivity contribution in [2.24, 2.45) is 13.0 Å². The molecule has 0 spiro atoms. The molecule has 0 saturated heterocycles. The van der Waals surface area contributed by atoms with Crippen LogP contribution in [0.2, 0.25) is 0 Å². The van der Waals surface area contributed by atoms with E-state index < -0.39 is 17.3 Å². The second-order valence-electron chi connectivity index (χ2n) is 15.0. The van der Waals surface area contributed by atoms with Crippen molar-refractivity contribution in [2.75, 3.05) is 7.11 Å². The molecule has 4 aromatic heterocycles. The second kappa shape index (κ2) is 13.7. The quantitative estimate of drug-likeness (QED) is 0.193. The Morgan fingerprint density at radius 3 is 2.75 bits per heavy atom. The minimum absolute atomic E-state index is 0.172. The number of aromatic amines is 1. The number of aliphatic hydroxyl groups excluding tert-OH is 1. The van der Waals surface area contributed by atoms with Crippen LogP contribution in [0.1, 0.15) is 98.8 Å². The molecule has 1 aliphatic heterocycles. The maximum absolute atomic E-state index is 16.0. The van der Waals surface area contributed by atoms with Crippen LogP contribution >= 0.6 is 0 Å². The molecule has 1 aliphatic rings. The van der Waals surface area contributed by atoms with E-state index in [4.69, 9.17) is 14.8 Å². The predicted octanol–water partition coefficient (Wildman–Crippen LogP) is 6.73. The van der Waals surface area contributed by atoms with Crippen LogP contribution in [-0.2, 0) is 40.4 Å². The van der Waals surface area contributed by atoms with Crippen LogP contribution in [0.4, 0.5) is 4.39 Å². The number of aromatic nitrogens is 8. The van der Waals surface area contributed by atoms with Crippen LogP contribution in [0.3, 0.4) is 0 Å². The number of methoxy groups -OCH3 is 1. The predicted molar refractivity (Wildman–Crippen MR) is 195 cm³/mol. The van der Waals surface area contributed by atoms with Crippen LogP contribution in [0.25, 0.3) is 22.4 Å². The Morgan fingerprint density at radius 1 is 1.13 bits per heavy atom. The fraction of sp³-hybridized carbons (Fsp3) is 0.400. The number of aliphatic hydroxyl groups is 1. The number of ether oxygens (including phenoxy) is 1. The van der Waals surface area contributed by atoms with Crippen molar-refractivity contribution in [3.63, 3.8) is 0 Å². The Hall–Kier alpha value is -5.23. The first-order valence-electron chi connectivity index (χ1n) is 17.8. The van der Waals surface area contributed by atoms with Crippen LogP contribution in [0, 0.1) is 11.7 Å². The maximum atomic E-state index is 16.0. The Morgan fingerprint density at radius 2 is 1.94 bits per heavy atom. The molecule has 11 nitrogen and oxygen atoms in total. The van der Waals surface area contributed by atoms with Crippen LogP contribution in [0.5, 0.6) is 0 Å². The Balaban J connectivity index is 1.36. The third-order valence-electron chi connectivity index (χ3n) is 10.8. The summed E-state index contributed by atoms with van der Waals surface area (Å²) in [6.45, 7) is 8.61. The fourth-order valence-electron chi connectivity index (χ4n) is 7.56. The lowest BCUT2D eigenvalue weighted by atomic mass is 9.75. The summed E-state index contributed by atoms with van der Waals surface area (Å²) in [6, 6.07) is 15.1. The highest BCUT2D eigenvalue weighted by atomic mass is 19.1. The highest BCUT2D eigenvalue weighted by Gasteiger charge is 2.35. The van der Waals surface area contributed by atoms with E-state index in [2.05, 4.69) is 53.2 Å². The van der Waals surface area contributed by atoms with E-state index in [9.17, 15) is 9.90 Å². The first-order chi connectivity index (χ1) is 24.9. The number of H-pyrrole nitrogens is 1. The number of aryl methyl sites for hydroxylation is 1. The number of nitrogens with one attached hydrogen (secondary N) is 1. The molecule has 270 valence electrons. The number of carbonyl (C=O) groups excluding carboxylic acids is 1. The molecule has 7 rings (SSSR count). The molecule has 0 aliphatic carbocycles. The van der Waals surface area contributed by atoms with Gasteiger partial charge in [0.05, 0.1) is 30.7 Å². The maximum Gasteiger partial charge on any atom is 0.308 e. The smallest absolute Gasteiger partial charge is 0.308 e. The van der Waals surface area contributed by atoms with Gasteiger partial charge in [-0.15, -0.1) is 5.10 Å². The first-order valence-corrected chi connectivity index (χ1v) is 17.8. The van der Waals surface area contributed by atoms with E-state index in [0.717, 1.165) is 47.9 Å². The monoisotopic (exact) mass is 704 g/mol. The Kier molecular flexibility index (Phi) is 9.28. The summed E-state index contributed by atoms with van der Waals surface area (Å²) in [5, 5.41) is 26.7. The van der Waals surface area contributed by atoms with Crippen molar-refractivity contribution >= 4 is 16.9 Å². The minimum Gasteiger partial charge on any atom is -0.469 e. The molecule has 2 aromatic carbocycles. The van der Waals surface area contributed by atoms with Crippen molar-refractivity contribution in [1.29, 1.82) is 0 Å². The topological polar surface area (TPSA) is 137 Å². The number of hydrogen-bond acceptors (Lipinski definition) is 8. The molecule has 12 heteroatoms.